The van der Waals surface area contributed by atoms with Crippen LogP contribution in [0.25, 0.3) is 0 Å². The molecule has 0 bridgehead atoms. The summed E-state index contributed by atoms with van der Waals surface area (Å²) in [6.45, 7) is 15.9. The van der Waals surface area contributed by atoms with Crippen LogP contribution >= 0.6 is 0 Å². The maximum Gasteiger partial charge on any atom is 0.165 e. The van der Waals surface area contributed by atoms with Gasteiger partial charge in [0, 0.05) is 29.1 Å². The fraction of sp³-hybridized carbons (Fsp3) is 0.812. The molecule has 2 heteroatoms. The van der Waals surface area contributed by atoms with Gasteiger partial charge in [0.1, 0.15) is 0 Å². The van der Waals surface area contributed by atoms with Crippen molar-refractivity contribution in [3.63, 3.8) is 0 Å². The van der Waals surface area contributed by atoms with Crippen LogP contribution in [0.15, 0.2) is 11.3 Å². The van der Waals surface area contributed by atoms with Crippen LogP contribution in [0.1, 0.15) is 61.3 Å². The molecule has 1 heterocycles. The number of carbonyl (C=O) groups is 1. The fourth-order valence-corrected chi connectivity index (χ4v) is 2.70. The van der Waals surface area contributed by atoms with Crippen LogP contribution in [0.3, 0.4) is 0 Å². The summed E-state index contributed by atoms with van der Waals surface area (Å²) in [5.74, 6) is 0.531. The number of hydrogen-bond acceptors (Lipinski definition) is 2. The van der Waals surface area contributed by atoms with Gasteiger partial charge in [0.05, 0.1) is 0 Å². The Balaban J connectivity index is 3.25. The third-order valence-corrected chi connectivity index (χ3v) is 3.53. The maximum atomic E-state index is 12.7. The van der Waals surface area contributed by atoms with E-state index in [2.05, 4.69) is 53.8 Å². The number of nitrogens with one attached hydrogen (secondary N) is 1. The Labute approximate surface area is 112 Å². The van der Waals surface area contributed by atoms with Crippen LogP contribution in [0.4, 0.5) is 0 Å². The molecule has 1 unspecified atom stereocenters. The highest BCUT2D eigenvalue weighted by Gasteiger charge is 2.38. The molecule has 1 rings (SSSR count). The summed E-state index contributed by atoms with van der Waals surface area (Å²) >= 11 is 0. The lowest BCUT2D eigenvalue weighted by Crippen LogP contribution is -2.43. The molecule has 0 aromatic rings. The average molecular weight is 251 g/mol. The summed E-state index contributed by atoms with van der Waals surface area (Å²) in [5.41, 5.74) is 2.08. The summed E-state index contributed by atoms with van der Waals surface area (Å²) in [6.07, 6.45) is 2.06. The van der Waals surface area contributed by atoms with Crippen LogP contribution < -0.4 is 5.32 Å². The van der Waals surface area contributed by atoms with E-state index in [0.29, 0.717) is 5.78 Å². The number of carbonyl (C=O) groups excluding carboxylic acids is 1. The van der Waals surface area contributed by atoms with Crippen LogP contribution in [0, 0.1) is 16.7 Å². The van der Waals surface area contributed by atoms with Crippen molar-refractivity contribution in [1.29, 1.82) is 0 Å². The van der Waals surface area contributed by atoms with Crippen LogP contribution in [0.2, 0.25) is 0 Å². The fourth-order valence-electron chi connectivity index (χ4n) is 2.70. The van der Waals surface area contributed by atoms with Gasteiger partial charge in [0.2, 0.25) is 0 Å². The van der Waals surface area contributed by atoms with E-state index >= 15 is 0 Å². The topological polar surface area (TPSA) is 29.1 Å². The SMILES string of the molecule is CCCC1CNC(C(C)(C)C)=C(C(C)(C)C)C1=O. The molecule has 0 aromatic carbocycles. The Bertz CT molecular complexity index is 352. The highest BCUT2D eigenvalue weighted by atomic mass is 16.1. The first-order valence-corrected chi connectivity index (χ1v) is 7.12. The van der Waals surface area contributed by atoms with E-state index in [1.54, 1.807) is 0 Å². The van der Waals surface area contributed by atoms with Gasteiger partial charge in [-0.05, 0) is 11.8 Å². The molecule has 0 saturated heterocycles. The van der Waals surface area contributed by atoms with Gasteiger partial charge in [0.15, 0.2) is 5.78 Å². The number of rotatable bonds is 2. The molecular formula is C16H29NO. The molecule has 0 aliphatic carbocycles. The minimum absolute atomic E-state index is 0.00938. The zero-order chi connectivity index (χ0) is 14.1. The van der Waals surface area contributed by atoms with Gasteiger partial charge in [-0.1, -0.05) is 54.9 Å². The predicted octanol–water partition coefficient (Wildman–Crippen LogP) is 3.92. The van der Waals surface area contributed by atoms with Crippen molar-refractivity contribution in [3.05, 3.63) is 11.3 Å². The lowest BCUT2D eigenvalue weighted by Gasteiger charge is -2.39. The van der Waals surface area contributed by atoms with E-state index < -0.39 is 0 Å². The summed E-state index contributed by atoms with van der Waals surface area (Å²) in [6, 6.07) is 0. The predicted molar refractivity (Wildman–Crippen MR) is 77.3 cm³/mol. The third kappa shape index (κ3) is 3.15. The highest BCUT2D eigenvalue weighted by molar-refractivity contribution is 6.00. The first-order valence-electron chi connectivity index (χ1n) is 7.12. The largest absolute Gasteiger partial charge is 0.387 e. The molecule has 2 nitrogen and oxygen atoms in total. The minimum Gasteiger partial charge on any atom is -0.387 e. The van der Waals surface area contributed by atoms with E-state index in [1.807, 2.05) is 0 Å². The first kappa shape index (κ1) is 15.3. The molecule has 1 N–H and O–H groups in total. The van der Waals surface area contributed by atoms with Gasteiger partial charge in [-0.15, -0.1) is 0 Å². The second-order valence-electron chi connectivity index (χ2n) is 7.48. The summed E-state index contributed by atoms with van der Waals surface area (Å²) < 4.78 is 0. The van der Waals surface area contributed by atoms with E-state index in [4.69, 9.17) is 0 Å². The molecule has 0 fully saturated rings. The Hall–Kier alpha value is -0.790. The van der Waals surface area contributed by atoms with E-state index in [1.165, 1.54) is 0 Å². The molecule has 1 aliphatic heterocycles. The van der Waals surface area contributed by atoms with Crippen molar-refractivity contribution < 1.29 is 4.79 Å². The van der Waals surface area contributed by atoms with Gasteiger partial charge in [-0.2, -0.15) is 0 Å². The molecule has 104 valence electrons. The monoisotopic (exact) mass is 251 g/mol. The van der Waals surface area contributed by atoms with Crippen molar-refractivity contribution in [2.75, 3.05) is 6.54 Å². The number of Topliss-reactive ketones (excluding diaryl/α,β-unsaturated/α-hetero) is 1. The van der Waals surface area contributed by atoms with Crippen molar-refractivity contribution >= 4 is 5.78 Å². The molecule has 0 radical (unpaired) electrons. The van der Waals surface area contributed by atoms with E-state index in [-0.39, 0.29) is 16.7 Å². The molecule has 18 heavy (non-hydrogen) atoms. The van der Waals surface area contributed by atoms with Crippen LogP contribution in [0.5, 0.6) is 0 Å². The normalized spacial score (nSPS) is 22.2. The smallest absolute Gasteiger partial charge is 0.165 e. The Kier molecular flexibility index (Phi) is 4.30. The second-order valence-corrected chi connectivity index (χ2v) is 7.48. The standard InChI is InChI=1S/C16H29NO/c1-8-9-11-10-17-14(16(5,6)7)12(13(11)18)15(2,3)4/h11,17H,8-10H2,1-7H3. The number of ketones is 1. The maximum absolute atomic E-state index is 12.7. The van der Waals surface area contributed by atoms with Gasteiger partial charge in [-0.3, -0.25) is 4.79 Å². The van der Waals surface area contributed by atoms with E-state index in [0.717, 1.165) is 30.7 Å². The molecule has 0 aromatic heterocycles. The van der Waals surface area contributed by atoms with Crippen molar-refractivity contribution in [3.8, 4) is 0 Å². The summed E-state index contributed by atoms with van der Waals surface area (Å²) in [7, 11) is 0. The van der Waals surface area contributed by atoms with Gasteiger partial charge in [-0.25, -0.2) is 0 Å². The van der Waals surface area contributed by atoms with Crippen LogP contribution in [-0.4, -0.2) is 12.3 Å². The van der Waals surface area contributed by atoms with Crippen molar-refractivity contribution in [1.82, 2.24) is 5.32 Å². The summed E-state index contributed by atoms with van der Waals surface area (Å²) in [5, 5.41) is 3.54. The number of allylic oxidation sites excluding steroid dienone is 2. The molecule has 1 aliphatic rings. The molecular weight excluding hydrogens is 222 g/mol. The van der Waals surface area contributed by atoms with Gasteiger partial charge < -0.3 is 5.32 Å². The van der Waals surface area contributed by atoms with E-state index in [9.17, 15) is 4.79 Å². The quantitative estimate of drug-likeness (QED) is 0.806. The van der Waals surface area contributed by atoms with Crippen molar-refractivity contribution in [2.45, 2.75) is 61.3 Å². The zero-order valence-corrected chi connectivity index (χ0v) is 13.1. The Morgan fingerprint density at radius 3 is 2.06 bits per heavy atom. The molecule has 0 amide bonds. The molecule has 0 spiro atoms. The highest BCUT2D eigenvalue weighted by Crippen LogP contribution is 2.39. The lowest BCUT2D eigenvalue weighted by atomic mass is 9.71. The summed E-state index contributed by atoms with van der Waals surface area (Å²) in [4.78, 5) is 12.7. The van der Waals surface area contributed by atoms with Gasteiger partial charge >= 0.3 is 0 Å². The minimum atomic E-state index is -0.0842. The molecule has 1 atom stereocenters. The van der Waals surface area contributed by atoms with Gasteiger partial charge in [0.25, 0.3) is 0 Å². The second kappa shape index (κ2) is 5.07. The lowest BCUT2D eigenvalue weighted by molar-refractivity contribution is -0.121. The van der Waals surface area contributed by atoms with Crippen molar-refractivity contribution in [2.24, 2.45) is 16.7 Å². The third-order valence-electron chi connectivity index (χ3n) is 3.53. The zero-order valence-electron chi connectivity index (χ0n) is 13.1. The van der Waals surface area contributed by atoms with Crippen LogP contribution in [-0.2, 0) is 4.79 Å². The Morgan fingerprint density at radius 2 is 1.67 bits per heavy atom. The first-order chi connectivity index (χ1) is 8.09. The Morgan fingerprint density at radius 1 is 1.11 bits per heavy atom. The average Bonchev–Trinajstić information content (AvgIpc) is 2.17. The number of hydrogen-bond donors (Lipinski definition) is 1. The molecule has 0 saturated carbocycles.